The van der Waals surface area contributed by atoms with Crippen LogP contribution in [-0.4, -0.2) is 125 Å². The zero-order valence-corrected chi connectivity index (χ0v) is 39.9. The number of thiophene rings is 1. The molecule has 3 saturated heterocycles. The van der Waals surface area contributed by atoms with Crippen LogP contribution in [0.4, 0.5) is 25.8 Å². The number of sulfonamides is 1. The van der Waals surface area contributed by atoms with Crippen molar-refractivity contribution >= 4 is 91.5 Å². The fourth-order valence-electron chi connectivity index (χ4n) is 9.20. The monoisotopic (exact) mass is 1030 g/mol. The van der Waals surface area contributed by atoms with E-state index in [0.29, 0.717) is 28.2 Å². The Hall–Kier alpha value is -6.69. The van der Waals surface area contributed by atoms with Crippen LogP contribution >= 0.6 is 22.9 Å². The molecule has 2 atom stereocenters. The van der Waals surface area contributed by atoms with Gasteiger partial charge in [-0.3, -0.25) is 29.3 Å². The van der Waals surface area contributed by atoms with Gasteiger partial charge in [0.2, 0.25) is 33.7 Å². The smallest absolute Gasteiger partial charge is 0.349 e. The number of carbonyl (C=O) groups excluding carboxylic acids is 5. The van der Waals surface area contributed by atoms with Crippen molar-refractivity contribution in [2.24, 2.45) is 5.92 Å². The first-order chi connectivity index (χ1) is 33.1. The van der Waals surface area contributed by atoms with E-state index < -0.39 is 97.8 Å². The first-order valence-corrected chi connectivity index (χ1v) is 24.8. The Morgan fingerprint density at radius 1 is 0.971 bits per heavy atom. The van der Waals surface area contributed by atoms with E-state index in [1.807, 2.05) is 0 Å². The van der Waals surface area contributed by atoms with Crippen molar-refractivity contribution in [3.8, 4) is 16.2 Å². The highest BCUT2D eigenvalue weighted by atomic mass is 35.5. The minimum atomic E-state index is -4.05. The number of amides is 5. The van der Waals surface area contributed by atoms with Crippen molar-refractivity contribution < 1.29 is 65.7 Å². The van der Waals surface area contributed by atoms with Gasteiger partial charge in [-0.1, -0.05) is 35.9 Å². The Morgan fingerprint density at radius 2 is 1.69 bits per heavy atom. The maximum Gasteiger partial charge on any atom is 0.349 e. The number of piperidine rings is 2. The molecular weight excluding hydrogens is 980 g/mol. The number of likely N-dealkylation sites (tertiary alicyclic amines) is 1. The normalized spacial score (nSPS) is 19.2. The van der Waals surface area contributed by atoms with E-state index in [1.165, 1.54) is 44.4 Å². The van der Waals surface area contributed by atoms with E-state index in [0.717, 1.165) is 6.07 Å². The molecule has 4 aliphatic rings. The molecule has 24 heteroatoms. The molecule has 0 spiro atoms. The number of nitrogens with one attached hydrogen (secondary N) is 4. The average Bonchev–Trinajstić information content (AvgIpc) is 3.78. The summed E-state index contributed by atoms with van der Waals surface area (Å²) in [5.41, 5.74) is 0.452. The minimum Gasteiger partial charge on any atom is -0.479 e. The fourth-order valence-corrected chi connectivity index (χ4v) is 12.6. The molecule has 1 aromatic heterocycles. The van der Waals surface area contributed by atoms with Crippen LogP contribution in [0, 0.1) is 17.6 Å². The number of nitrogens with zero attached hydrogens (tertiary/aromatic N) is 3. The van der Waals surface area contributed by atoms with E-state index in [-0.39, 0.29) is 103 Å². The third-order valence-corrected chi connectivity index (χ3v) is 16.4. The van der Waals surface area contributed by atoms with E-state index in [2.05, 4.69) is 21.3 Å². The van der Waals surface area contributed by atoms with Crippen molar-refractivity contribution in [2.45, 2.75) is 69.5 Å². The molecule has 0 aliphatic carbocycles. The number of aliphatic carboxylic acids is 1. The molecule has 6 N–H and O–H groups in total. The second kappa shape index (κ2) is 19.6. The van der Waals surface area contributed by atoms with Crippen LogP contribution in [0.15, 0.2) is 54.6 Å². The number of carbonyl (C=O) groups is 7. The molecule has 3 aromatic carbocycles. The Bertz CT molecular complexity index is 2960. The molecule has 8 rings (SSSR count). The van der Waals surface area contributed by atoms with Crippen LogP contribution in [0.2, 0.25) is 5.02 Å². The number of benzene rings is 3. The number of aromatic carboxylic acids is 1. The molecule has 0 saturated carbocycles. The molecule has 0 radical (unpaired) electrons. The summed E-state index contributed by atoms with van der Waals surface area (Å²) in [4.78, 5) is 89.1. The maximum atomic E-state index is 16.1. The summed E-state index contributed by atoms with van der Waals surface area (Å²) in [6.45, 7) is 2.62. The highest BCUT2D eigenvalue weighted by molar-refractivity contribution is 7.88. The lowest BCUT2D eigenvalue weighted by Gasteiger charge is -2.45. The number of halogens is 3. The van der Waals surface area contributed by atoms with Crippen molar-refractivity contribution in [3.63, 3.8) is 0 Å². The Morgan fingerprint density at radius 3 is 2.37 bits per heavy atom. The largest absolute Gasteiger partial charge is 0.479 e. The molecular formula is C46H46ClF2N7O12S2. The summed E-state index contributed by atoms with van der Waals surface area (Å²) >= 11 is 7.03. The second-order valence-corrected chi connectivity index (χ2v) is 21.2. The predicted octanol–water partition coefficient (Wildman–Crippen LogP) is 4.96. The molecule has 5 heterocycles. The Labute approximate surface area is 408 Å². The van der Waals surface area contributed by atoms with Gasteiger partial charge in [-0.25, -0.2) is 26.8 Å². The SMILES string of the molecule is CC1(C)CC(Nc2cccc(-c3sc(C(=O)O)c(OCC(=O)O)c3Cl)c2F)CCN1S(=O)(=O)Cc1ccc(F)c(NC(=O)C2CN(C(=O)CNc3cccc4c3CN(C3CCC(=O)NC3=O)C4=O)C2)c1. The molecule has 4 aromatic rings. The van der Waals surface area contributed by atoms with Crippen LogP contribution < -0.4 is 26.0 Å². The second-order valence-electron chi connectivity index (χ2n) is 17.9. The van der Waals surface area contributed by atoms with Crippen LogP contribution in [0.25, 0.3) is 10.4 Å². The zero-order chi connectivity index (χ0) is 50.4. The van der Waals surface area contributed by atoms with Crippen LogP contribution in [0.3, 0.4) is 0 Å². The van der Waals surface area contributed by atoms with Gasteiger partial charge in [-0.15, -0.1) is 11.3 Å². The van der Waals surface area contributed by atoms with Gasteiger partial charge in [-0.2, -0.15) is 4.31 Å². The van der Waals surface area contributed by atoms with Gasteiger partial charge in [0.15, 0.2) is 23.1 Å². The lowest BCUT2D eigenvalue weighted by atomic mass is 9.89. The topological polar surface area (TPSA) is 261 Å². The van der Waals surface area contributed by atoms with Gasteiger partial charge in [-0.05, 0) is 69.0 Å². The van der Waals surface area contributed by atoms with Crippen molar-refractivity contribution in [1.29, 1.82) is 0 Å². The molecule has 2 unspecified atom stereocenters. The van der Waals surface area contributed by atoms with E-state index in [4.69, 9.17) is 21.4 Å². The van der Waals surface area contributed by atoms with Crippen LogP contribution in [0.5, 0.6) is 5.75 Å². The molecule has 370 valence electrons. The summed E-state index contributed by atoms with van der Waals surface area (Å²) in [5, 5.41) is 29.4. The van der Waals surface area contributed by atoms with Gasteiger partial charge in [0.25, 0.3) is 5.91 Å². The number of rotatable bonds is 16. The van der Waals surface area contributed by atoms with E-state index in [9.17, 15) is 47.1 Å². The summed E-state index contributed by atoms with van der Waals surface area (Å²) in [6.07, 6.45) is 0.801. The lowest BCUT2D eigenvalue weighted by molar-refractivity contribution is -0.140. The number of hydrogen-bond acceptors (Lipinski definition) is 13. The summed E-state index contributed by atoms with van der Waals surface area (Å²) < 4.78 is 65.6. The highest BCUT2D eigenvalue weighted by Gasteiger charge is 2.43. The van der Waals surface area contributed by atoms with Gasteiger partial charge >= 0.3 is 11.9 Å². The predicted molar refractivity (Wildman–Crippen MR) is 251 cm³/mol. The number of hydrogen-bond donors (Lipinski definition) is 6. The number of carboxylic acid groups (broad SMARTS) is 2. The van der Waals surface area contributed by atoms with Crippen molar-refractivity contribution in [1.82, 2.24) is 19.4 Å². The number of ether oxygens (including phenoxy) is 1. The maximum absolute atomic E-state index is 16.1. The number of fused-ring (bicyclic) bond motifs is 1. The summed E-state index contributed by atoms with van der Waals surface area (Å²) in [6, 6.07) is 11.7. The Kier molecular flexibility index (Phi) is 13.9. The zero-order valence-electron chi connectivity index (χ0n) is 37.5. The first kappa shape index (κ1) is 49.7. The molecule has 19 nitrogen and oxygen atoms in total. The van der Waals surface area contributed by atoms with Crippen molar-refractivity contribution in [3.05, 3.63) is 92.8 Å². The number of imide groups is 1. The number of anilines is 3. The van der Waals surface area contributed by atoms with Gasteiger partial charge < -0.3 is 40.7 Å². The molecule has 0 bridgehead atoms. The first-order valence-electron chi connectivity index (χ1n) is 22.0. The number of carboxylic acids is 2. The summed E-state index contributed by atoms with van der Waals surface area (Å²) in [5.74, 6) is -8.19. The van der Waals surface area contributed by atoms with E-state index in [1.54, 1.807) is 32.0 Å². The third kappa shape index (κ3) is 10.1. The fraction of sp³-hybridized carbons (Fsp3) is 0.370. The average molecular weight is 1030 g/mol. The Balaban J connectivity index is 0.839. The van der Waals surface area contributed by atoms with Gasteiger partial charge in [0, 0.05) is 66.6 Å². The lowest BCUT2D eigenvalue weighted by Crippen LogP contribution is -2.55. The third-order valence-electron chi connectivity index (χ3n) is 12.6. The molecule has 5 amide bonds. The molecule has 70 heavy (non-hydrogen) atoms. The van der Waals surface area contributed by atoms with Gasteiger partial charge in [0.1, 0.15) is 16.9 Å². The molecule has 4 aliphatic heterocycles. The van der Waals surface area contributed by atoms with Crippen molar-refractivity contribution in [2.75, 3.05) is 48.7 Å². The standard InChI is InChI=1S/C46H46ClF2N7O12S2/c1-46(2)16-25(51-31-8-4-6-27(38(31)49)40-37(47)39(68-21-36(59)60)41(69-40)45(64)65)13-14-56(46)70(66,67)22-23-9-10-29(48)32(15-23)52-42(61)24-18-54(19-24)35(58)17-50-30-7-3-5-26-28(30)20-55(44(26)63)33-11-12-34(57)53-43(33)62/h3-10,15,24-25,33,50-51H,11-14,16-22H2,1-2H3,(H,52,61)(H,59,60)(H,64,65)(H,53,57,62). The van der Waals surface area contributed by atoms with Crippen LogP contribution in [0.1, 0.15) is 70.7 Å². The summed E-state index contributed by atoms with van der Waals surface area (Å²) in [7, 11) is -4.05. The highest BCUT2D eigenvalue weighted by Crippen LogP contribution is 2.47. The van der Waals surface area contributed by atoms with Gasteiger partial charge in [0.05, 0.1) is 34.5 Å². The van der Waals surface area contributed by atoms with E-state index >= 15 is 8.78 Å². The quantitative estimate of drug-likeness (QED) is 0.0811. The minimum absolute atomic E-state index is 0.00883. The molecule has 3 fully saturated rings. The van der Waals surface area contributed by atoms with Crippen LogP contribution in [-0.2, 0) is 46.3 Å².